The molecule has 0 aliphatic rings. The van der Waals surface area contributed by atoms with E-state index in [4.69, 9.17) is 4.74 Å². The molecule has 0 saturated carbocycles. The van der Waals surface area contributed by atoms with E-state index in [0.29, 0.717) is 18.0 Å². The van der Waals surface area contributed by atoms with Gasteiger partial charge in [0.25, 0.3) is 0 Å². The highest BCUT2D eigenvalue weighted by atomic mass is 16.5. The summed E-state index contributed by atoms with van der Waals surface area (Å²) in [5.41, 5.74) is 1.38. The first-order valence-electron chi connectivity index (χ1n) is 8.94. The fourth-order valence-electron chi connectivity index (χ4n) is 2.91. The van der Waals surface area contributed by atoms with Crippen LogP contribution in [-0.2, 0) is 9.59 Å². The maximum absolute atomic E-state index is 13.1. The number of ether oxygens (including phenoxy) is 1. The molecule has 0 bridgehead atoms. The normalized spacial score (nSPS) is 13.0. The topological polar surface area (TPSA) is 78.9 Å². The summed E-state index contributed by atoms with van der Waals surface area (Å²) in [5, 5.41) is 12.1. The fourth-order valence-corrected chi connectivity index (χ4v) is 2.91. The Kier molecular flexibility index (Phi) is 7.37. The first kappa shape index (κ1) is 20.5. The van der Waals surface area contributed by atoms with Crippen molar-refractivity contribution in [1.82, 2.24) is 4.90 Å². The van der Waals surface area contributed by atoms with Crippen LogP contribution in [0, 0.1) is 5.92 Å². The zero-order valence-corrected chi connectivity index (χ0v) is 15.9. The van der Waals surface area contributed by atoms with Crippen molar-refractivity contribution < 1.29 is 19.4 Å². The first-order valence-corrected chi connectivity index (χ1v) is 8.94. The Labute approximate surface area is 159 Å². The second-order valence-corrected chi connectivity index (χ2v) is 6.41. The van der Waals surface area contributed by atoms with Crippen LogP contribution in [0.5, 0.6) is 5.75 Å². The average molecular weight is 370 g/mol. The quantitative estimate of drug-likeness (QED) is 0.707. The van der Waals surface area contributed by atoms with E-state index >= 15 is 0 Å². The lowest BCUT2D eigenvalue weighted by molar-refractivity contribution is -0.142. The van der Waals surface area contributed by atoms with E-state index in [-0.39, 0.29) is 12.5 Å². The number of amides is 1. The number of benzene rings is 2. The molecule has 2 rings (SSSR count). The number of carboxylic acids is 1. The lowest BCUT2D eigenvalue weighted by Crippen LogP contribution is -2.38. The van der Waals surface area contributed by atoms with Gasteiger partial charge < -0.3 is 15.2 Å². The van der Waals surface area contributed by atoms with Crippen molar-refractivity contribution in [3.05, 3.63) is 60.2 Å². The smallest absolute Gasteiger partial charge is 0.307 e. The van der Waals surface area contributed by atoms with Gasteiger partial charge in [-0.05, 0) is 31.7 Å². The van der Waals surface area contributed by atoms with Crippen LogP contribution in [0.4, 0.5) is 5.69 Å². The van der Waals surface area contributed by atoms with Crippen LogP contribution in [0.2, 0.25) is 0 Å². The Bertz CT molecular complexity index is 764. The van der Waals surface area contributed by atoms with Crippen molar-refractivity contribution in [2.45, 2.75) is 19.9 Å². The third kappa shape index (κ3) is 5.56. The number of carboxylic acid groups (broad SMARTS) is 1. The molecule has 0 aliphatic carbocycles. The Morgan fingerprint density at radius 1 is 1.11 bits per heavy atom. The molecule has 27 heavy (non-hydrogen) atoms. The van der Waals surface area contributed by atoms with Gasteiger partial charge in [-0.3, -0.25) is 14.5 Å². The number of para-hydroxylation sites is 2. The molecule has 2 aromatic rings. The number of likely N-dealkylation sites (N-methyl/N-ethyl adjacent to an activating group) is 1. The molecule has 0 fully saturated rings. The molecule has 0 saturated heterocycles. The van der Waals surface area contributed by atoms with E-state index < -0.39 is 17.9 Å². The van der Waals surface area contributed by atoms with Gasteiger partial charge in [0.1, 0.15) is 11.8 Å². The third-order valence-corrected chi connectivity index (χ3v) is 4.23. The zero-order valence-electron chi connectivity index (χ0n) is 15.9. The van der Waals surface area contributed by atoms with Crippen LogP contribution < -0.4 is 10.1 Å². The highest BCUT2D eigenvalue weighted by Crippen LogP contribution is 2.27. The molecule has 6 nitrogen and oxygen atoms in total. The number of rotatable bonds is 9. The molecule has 6 heteroatoms. The highest BCUT2D eigenvalue weighted by Gasteiger charge is 2.28. The SMILES string of the molecule is CCOc1ccccc1NC(=O)C(c1ccccc1)N(C)CC(C)C(=O)O. The number of carbonyl (C=O) groups is 2. The van der Waals surface area contributed by atoms with Crippen molar-refractivity contribution in [2.24, 2.45) is 5.92 Å². The molecule has 0 radical (unpaired) electrons. The third-order valence-electron chi connectivity index (χ3n) is 4.23. The molecule has 0 spiro atoms. The number of carbonyl (C=O) groups excluding carboxylic acids is 1. The molecule has 0 aliphatic heterocycles. The molecule has 2 N–H and O–H groups in total. The maximum Gasteiger partial charge on any atom is 0.307 e. The van der Waals surface area contributed by atoms with Gasteiger partial charge in [-0.25, -0.2) is 0 Å². The van der Waals surface area contributed by atoms with Crippen molar-refractivity contribution in [2.75, 3.05) is 25.5 Å². The van der Waals surface area contributed by atoms with Gasteiger partial charge in [0.15, 0.2) is 0 Å². The molecular formula is C21H26N2O4. The highest BCUT2D eigenvalue weighted by molar-refractivity contribution is 5.96. The summed E-state index contributed by atoms with van der Waals surface area (Å²) >= 11 is 0. The molecule has 0 aromatic heterocycles. The van der Waals surface area contributed by atoms with Gasteiger partial charge in [-0.15, -0.1) is 0 Å². The minimum atomic E-state index is -0.893. The van der Waals surface area contributed by atoms with Gasteiger partial charge in [-0.2, -0.15) is 0 Å². The summed E-state index contributed by atoms with van der Waals surface area (Å²) in [4.78, 5) is 26.1. The number of aliphatic carboxylic acids is 1. The Hall–Kier alpha value is -2.86. The van der Waals surface area contributed by atoms with Crippen LogP contribution in [0.25, 0.3) is 0 Å². The summed E-state index contributed by atoms with van der Waals surface area (Å²) in [7, 11) is 1.76. The maximum atomic E-state index is 13.1. The summed E-state index contributed by atoms with van der Waals surface area (Å²) in [6.07, 6.45) is 0. The predicted octanol–water partition coefficient (Wildman–Crippen LogP) is 3.42. The standard InChI is InChI=1S/C21H26N2O4/c1-4-27-18-13-9-8-12-17(18)22-20(24)19(16-10-6-5-7-11-16)23(3)14-15(2)21(25)26/h5-13,15,19H,4,14H2,1-3H3,(H,22,24)(H,25,26). The van der Waals surface area contributed by atoms with Gasteiger partial charge >= 0.3 is 5.97 Å². The van der Waals surface area contributed by atoms with Crippen molar-refractivity contribution in [3.8, 4) is 5.75 Å². The Balaban J connectivity index is 2.28. The number of anilines is 1. The summed E-state index contributed by atoms with van der Waals surface area (Å²) in [6.45, 7) is 4.25. The van der Waals surface area contributed by atoms with Gasteiger partial charge in [0, 0.05) is 6.54 Å². The van der Waals surface area contributed by atoms with Crippen molar-refractivity contribution in [1.29, 1.82) is 0 Å². The predicted molar refractivity (Wildman–Crippen MR) is 105 cm³/mol. The molecule has 2 atom stereocenters. The molecule has 0 heterocycles. The Morgan fingerprint density at radius 3 is 2.37 bits per heavy atom. The lowest BCUT2D eigenvalue weighted by atomic mass is 10.0. The Morgan fingerprint density at radius 2 is 1.74 bits per heavy atom. The van der Waals surface area contributed by atoms with E-state index in [1.165, 1.54) is 0 Å². The molecule has 2 aromatic carbocycles. The summed E-state index contributed by atoms with van der Waals surface area (Å²) in [6, 6.07) is 15.9. The molecule has 1 amide bonds. The first-order chi connectivity index (χ1) is 12.9. The van der Waals surface area contributed by atoms with Crippen molar-refractivity contribution >= 4 is 17.6 Å². The fraction of sp³-hybridized carbons (Fsp3) is 0.333. The minimum Gasteiger partial charge on any atom is -0.492 e. The minimum absolute atomic E-state index is 0.242. The van der Waals surface area contributed by atoms with E-state index in [9.17, 15) is 14.7 Å². The van der Waals surface area contributed by atoms with Crippen LogP contribution in [-0.4, -0.2) is 42.1 Å². The zero-order chi connectivity index (χ0) is 19.8. The van der Waals surface area contributed by atoms with Crippen LogP contribution in [0.3, 0.4) is 0 Å². The number of hydrogen-bond donors (Lipinski definition) is 2. The van der Waals surface area contributed by atoms with Crippen LogP contribution in [0.1, 0.15) is 25.5 Å². The van der Waals surface area contributed by atoms with E-state index in [2.05, 4.69) is 5.32 Å². The second kappa shape index (κ2) is 9.73. The number of hydrogen-bond acceptors (Lipinski definition) is 4. The molecular weight excluding hydrogens is 344 g/mol. The largest absolute Gasteiger partial charge is 0.492 e. The molecule has 144 valence electrons. The lowest BCUT2D eigenvalue weighted by Gasteiger charge is -2.29. The van der Waals surface area contributed by atoms with Gasteiger partial charge in [0.2, 0.25) is 5.91 Å². The second-order valence-electron chi connectivity index (χ2n) is 6.41. The summed E-state index contributed by atoms with van der Waals surface area (Å²) < 4.78 is 5.57. The van der Waals surface area contributed by atoms with Gasteiger partial charge in [0.05, 0.1) is 18.2 Å². The van der Waals surface area contributed by atoms with Crippen molar-refractivity contribution in [3.63, 3.8) is 0 Å². The van der Waals surface area contributed by atoms with Crippen LogP contribution >= 0.6 is 0 Å². The number of nitrogens with zero attached hydrogens (tertiary/aromatic N) is 1. The van der Waals surface area contributed by atoms with Gasteiger partial charge in [-0.1, -0.05) is 49.4 Å². The van der Waals surface area contributed by atoms with E-state index in [0.717, 1.165) is 5.56 Å². The number of nitrogens with one attached hydrogen (secondary N) is 1. The van der Waals surface area contributed by atoms with E-state index in [1.54, 1.807) is 31.0 Å². The molecule has 2 unspecified atom stereocenters. The monoisotopic (exact) mass is 370 g/mol. The summed E-state index contributed by atoms with van der Waals surface area (Å²) in [5.74, 6) is -1.13. The van der Waals surface area contributed by atoms with Crippen LogP contribution in [0.15, 0.2) is 54.6 Å². The average Bonchev–Trinajstić information content (AvgIpc) is 2.64. The van der Waals surface area contributed by atoms with E-state index in [1.807, 2.05) is 49.4 Å².